The normalized spacial score (nSPS) is 18.6. The van der Waals surface area contributed by atoms with Gasteiger partial charge >= 0.3 is 0 Å². The maximum atomic E-state index is 13.2. The van der Waals surface area contributed by atoms with E-state index in [2.05, 4.69) is 5.32 Å². The van der Waals surface area contributed by atoms with Gasteiger partial charge in [-0.25, -0.2) is 17.2 Å². The zero-order valence-corrected chi connectivity index (χ0v) is 17.0. The maximum Gasteiger partial charge on any atom is 0.277 e. The number of piperidine rings is 1. The van der Waals surface area contributed by atoms with E-state index in [-0.39, 0.29) is 28.9 Å². The molecule has 1 aromatic carbocycles. The number of benzene rings is 1. The van der Waals surface area contributed by atoms with E-state index in [9.17, 15) is 22.0 Å². The number of hydrogen-bond donors (Lipinski definition) is 2. The average Bonchev–Trinajstić information content (AvgIpc) is 2.60. The molecule has 1 aliphatic heterocycles. The molecule has 1 atom stereocenters. The first kappa shape index (κ1) is 23.7. The second-order valence-electron chi connectivity index (χ2n) is 6.68. The van der Waals surface area contributed by atoms with Crippen molar-refractivity contribution < 1.29 is 22.0 Å². The Kier molecular flexibility index (Phi) is 8.15. The second-order valence-corrected chi connectivity index (χ2v) is 8.57. The van der Waals surface area contributed by atoms with E-state index >= 15 is 0 Å². The molecule has 0 bridgehead atoms. The van der Waals surface area contributed by atoms with Crippen molar-refractivity contribution in [2.45, 2.75) is 50.0 Å². The fraction of sp³-hybridized carbons (Fsp3) is 0.588. The first-order valence-electron chi connectivity index (χ1n) is 8.57. The number of sulfonamides is 1. The lowest BCUT2D eigenvalue weighted by Crippen LogP contribution is -2.42. The Morgan fingerprint density at radius 2 is 2.04 bits per heavy atom. The third kappa shape index (κ3) is 5.60. The van der Waals surface area contributed by atoms with Crippen LogP contribution in [-0.4, -0.2) is 50.2 Å². The molecule has 10 heteroatoms. The number of alkyl halides is 2. The van der Waals surface area contributed by atoms with Gasteiger partial charge in [0.1, 0.15) is 0 Å². The summed E-state index contributed by atoms with van der Waals surface area (Å²) >= 11 is 0. The standard InChI is InChI=1S/C17H25F2N3O3S.ClH/c1-12-6-7-14(26(24,25)22-8-4-3-5-13(22)2)9-15(12)16(23)21-11-17(18,19)10-20;/h6-7,9,13H,3-5,8,10-11,20H2,1-2H3,(H,21,23);1H. The number of nitrogens with zero attached hydrogens (tertiary/aromatic N) is 1. The minimum Gasteiger partial charge on any atom is -0.346 e. The highest BCUT2D eigenvalue weighted by atomic mass is 35.5. The summed E-state index contributed by atoms with van der Waals surface area (Å²) in [5.41, 5.74) is 5.51. The van der Waals surface area contributed by atoms with Crippen molar-refractivity contribution >= 4 is 28.3 Å². The molecule has 2 rings (SSSR count). The molecule has 1 unspecified atom stereocenters. The minimum absolute atomic E-state index is 0. The van der Waals surface area contributed by atoms with E-state index in [4.69, 9.17) is 5.73 Å². The largest absolute Gasteiger partial charge is 0.346 e. The van der Waals surface area contributed by atoms with Gasteiger partial charge in [0.25, 0.3) is 11.8 Å². The zero-order chi connectivity index (χ0) is 19.5. The lowest BCUT2D eigenvalue weighted by molar-refractivity contribution is 0.0118. The van der Waals surface area contributed by atoms with Crippen molar-refractivity contribution in [1.82, 2.24) is 9.62 Å². The summed E-state index contributed by atoms with van der Waals surface area (Å²) in [5.74, 6) is -3.96. The molecule has 0 radical (unpaired) electrons. The number of hydrogen-bond acceptors (Lipinski definition) is 4. The summed E-state index contributed by atoms with van der Waals surface area (Å²) in [5, 5.41) is 2.12. The van der Waals surface area contributed by atoms with E-state index in [0.717, 1.165) is 19.3 Å². The predicted octanol–water partition coefficient (Wildman–Crippen LogP) is 2.30. The molecular formula is C17H26ClF2N3O3S. The van der Waals surface area contributed by atoms with Crippen LogP contribution in [0, 0.1) is 6.92 Å². The molecule has 6 nitrogen and oxygen atoms in total. The molecule has 1 fully saturated rings. The molecule has 0 aromatic heterocycles. The third-order valence-corrected chi connectivity index (χ3v) is 6.62. The highest BCUT2D eigenvalue weighted by molar-refractivity contribution is 7.89. The molecule has 1 amide bonds. The molecule has 27 heavy (non-hydrogen) atoms. The topological polar surface area (TPSA) is 92.5 Å². The zero-order valence-electron chi connectivity index (χ0n) is 15.4. The van der Waals surface area contributed by atoms with Crippen molar-refractivity contribution in [3.63, 3.8) is 0 Å². The molecule has 1 aliphatic rings. The molecule has 0 spiro atoms. The minimum atomic E-state index is -3.75. The lowest BCUT2D eigenvalue weighted by atomic mass is 10.1. The Hall–Kier alpha value is -1.29. The molecule has 1 saturated heterocycles. The fourth-order valence-electron chi connectivity index (χ4n) is 2.95. The first-order chi connectivity index (χ1) is 12.1. The average molecular weight is 426 g/mol. The van der Waals surface area contributed by atoms with Gasteiger partial charge < -0.3 is 11.1 Å². The van der Waals surface area contributed by atoms with Gasteiger partial charge in [-0.1, -0.05) is 12.5 Å². The quantitative estimate of drug-likeness (QED) is 0.731. The van der Waals surface area contributed by atoms with Gasteiger partial charge in [-0.15, -0.1) is 12.4 Å². The predicted molar refractivity (Wildman–Crippen MR) is 102 cm³/mol. The fourth-order valence-corrected chi connectivity index (χ4v) is 4.67. The summed E-state index contributed by atoms with van der Waals surface area (Å²) in [6.45, 7) is 2.13. The Morgan fingerprint density at radius 3 is 2.63 bits per heavy atom. The summed E-state index contributed by atoms with van der Waals surface area (Å²) in [4.78, 5) is 12.2. The smallest absolute Gasteiger partial charge is 0.277 e. The first-order valence-corrected chi connectivity index (χ1v) is 10.0. The number of halogens is 3. The molecule has 0 saturated carbocycles. The van der Waals surface area contributed by atoms with E-state index < -0.39 is 34.9 Å². The molecule has 3 N–H and O–H groups in total. The van der Waals surface area contributed by atoms with Crippen molar-refractivity contribution in [2.75, 3.05) is 19.6 Å². The summed E-state index contributed by atoms with van der Waals surface area (Å²) in [6.07, 6.45) is 2.55. The van der Waals surface area contributed by atoms with Gasteiger partial charge in [0, 0.05) is 18.2 Å². The Morgan fingerprint density at radius 1 is 1.37 bits per heavy atom. The molecule has 154 valence electrons. The molecule has 1 aromatic rings. The van der Waals surface area contributed by atoms with Crippen LogP contribution in [0.2, 0.25) is 0 Å². The van der Waals surface area contributed by atoms with Crippen LogP contribution in [0.1, 0.15) is 42.1 Å². The van der Waals surface area contributed by atoms with Crippen LogP contribution in [0.5, 0.6) is 0 Å². The van der Waals surface area contributed by atoms with Crippen molar-refractivity contribution in [2.24, 2.45) is 5.73 Å². The van der Waals surface area contributed by atoms with Crippen LogP contribution in [0.4, 0.5) is 8.78 Å². The van der Waals surface area contributed by atoms with Crippen molar-refractivity contribution in [1.29, 1.82) is 0 Å². The number of aryl methyl sites for hydroxylation is 1. The van der Waals surface area contributed by atoms with E-state index in [0.29, 0.717) is 12.1 Å². The highest BCUT2D eigenvalue weighted by Crippen LogP contribution is 2.26. The lowest BCUT2D eigenvalue weighted by Gasteiger charge is -2.32. The van der Waals surface area contributed by atoms with Crippen LogP contribution in [-0.2, 0) is 10.0 Å². The third-order valence-electron chi connectivity index (χ3n) is 4.61. The Labute approximate surface area is 164 Å². The molecular weight excluding hydrogens is 400 g/mol. The SMILES string of the molecule is Cc1ccc(S(=O)(=O)N2CCCCC2C)cc1C(=O)NCC(F)(F)CN.Cl. The highest BCUT2D eigenvalue weighted by Gasteiger charge is 2.32. The van der Waals surface area contributed by atoms with Gasteiger partial charge in [0.05, 0.1) is 18.0 Å². The van der Waals surface area contributed by atoms with Crippen LogP contribution < -0.4 is 11.1 Å². The van der Waals surface area contributed by atoms with Gasteiger partial charge in [-0.05, 0) is 44.4 Å². The van der Waals surface area contributed by atoms with Gasteiger partial charge in [0.15, 0.2) is 0 Å². The number of carbonyl (C=O) groups is 1. The summed E-state index contributed by atoms with van der Waals surface area (Å²) < 4.78 is 53.7. The van der Waals surface area contributed by atoms with Crippen LogP contribution in [0.3, 0.4) is 0 Å². The van der Waals surface area contributed by atoms with E-state index in [1.165, 1.54) is 22.5 Å². The van der Waals surface area contributed by atoms with Gasteiger partial charge in [0.2, 0.25) is 10.0 Å². The molecule has 1 heterocycles. The number of nitrogens with one attached hydrogen (secondary N) is 1. The number of nitrogens with two attached hydrogens (primary N) is 1. The van der Waals surface area contributed by atoms with Crippen LogP contribution in [0.15, 0.2) is 23.1 Å². The maximum absolute atomic E-state index is 13.2. The van der Waals surface area contributed by atoms with Gasteiger partial charge in [-0.2, -0.15) is 4.31 Å². The summed E-state index contributed by atoms with van der Waals surface area (Å²) in [7, 11) is -3.75. The number of carbonyl (C=O) groups excluding carboxylic acids is 1. The Balaban J connectivity index is 0.00000364. The van der Waals surface area contributed by atoms with Crippen LogP contribution in [0.25, 0.3) is 0 Å². The molecule has 0 aliphatic carbocycles. The van der Waals surface area contributed by atoms with Crippen molar-refractivity contribution in [3.05, 3.63) is 29.3 Å². The number of rotatable bonds is 6. The Bertz CT molecular complexity index is 775. The summed E-state index contributed by atoms with van der Waals surface area (Å²) in [6, 6.07) is 4.09. The van der Waals surface area contributed by atoms with E-state index in [1.54, 1.807) is 6.92 Å². The van der Waals surface area contributed by atoms with Crippen molar-refractivity contribution in [3.8, 4) is 0 Å². The second kappa shape index (κ2) is 9.27. The van der Waals surface area contributed by atoms with Gasteiger partial charge in [-0.3, -0.25) is 4.79 Å². The van der Waals surface area contributed by atoms with Crippen LogP contribution >= 0.6 is 12.4 Å². The number of amides is 1. The van der Waals surface area contributed by atoms with E-state index in [1.807, 2.05) is 6.92 Å². The monoisotopic (exact) mass is 425 g/mol.